The van der Waals surface area contributed by atoms with E-state index in [1.807, 2.05) is 17.4 Å². The van der Waals surface area contributed by atoms with Gasteiger partial charge in [-0.15, -0.1) is 11.3 Å². The van der Waals surface area contributed by atoms with Crippen LogP contribution in [0.5, 0.6) is 0 Å². The van der Waals surface area contributed by atoms with Gasteiger partial charge in [0, 0.05) is 36.9 Å². The molecule has 4 heteroatoms. The van der Waals surface area contributed by atoms with Gasteiger partial charge in [-0.25, -0.2) is 15.0 Å². The van der Waals surface area contributed by atoms with Crippen molar-refractivity contribution in [1.82, 2.24) is 15.0 Å². The van der Waals surface area contributed by atoms with E-state index in [0.29, 0.717) is 17.5 Å². The summed E-state index contributed by atoms with van der Waals surface area (Å²) in [4.78, 5) is 15.5. The van der Waals surface area contributed by atoms with Gasteiger partial charge in [0.05, 0.1) is 0 Å². The Bertz CT molecular complexity index is 2550. The molecule has 9 aromatic rings. The Kier molecular flexibility index (Phi) is 6.65. The maximum absolute atomic E-state index is 5.19. The van der Waals surface area contributed by atoms with Crippen LogP contribution in [-0.4, -0.2) is 15.0 Å². The third-order valence-electron chi connectivity index (χ3n) is 8.75. The van der Waals surface area contributed by atoms with Crippen LogP contribution in [0.15, 0.2) is 164 Å². The van der Waals surface area contributed by atoms with Crippen molar-refractivity contribution in [3.8, 4) is 56.4 Å². The Hall–Kier alpha value is -5.97. The van der Waals surface area contributed by atoms with Gasteiger partial charge in [0.15, 0.2) is 17.5 Å². The van der Waals surface area contributed by atoms with Gasteiger partial charge in [0.2, 0.25) is 0 Å². The van der Waals surface area contributed by atoms with Crippen LogP contribution in [0.25, 0.3) is 87.4 Å². The zero-order valence-corrected chi connectivity index (χ0v) is 26.2. The molecule has 0 aliphatic heterocycles. The first-order valence-electron chi connectivity index (χ1n) is 15.7. The summed E-state index contributed by atoms with van der Waals surface area (Å²) >= 11 is 1.82. The summed E-state index contributed by atoms with van der Waals surface area (Å²) in [7, 11) is 0. The summed E-state index contributed by atoms with van der Waals surface area (Å²) in [5.41, 5.74) is 7.65. The largest absolute Gasteiger partial charge is 0.208 e. The first kappa shape index (κ1) is 27.3. The number of rotatable bonds is 5. The average Bonchev–Trinajstić information content (AvgIpc) is 3.55. The molecule has 3 nitrogen and oxygen atoms in total. The quantitative estimate of drug-likeness (QED) is 0.193. The number of hydrogen-bond acceptors (Lipinski definition) is 4. The minimum atomic E-state index is 0.651. The lowest BCUT2D eigenvalue weighted by Crippen LogP contribution is -2.00. The second-order valence-electron chi connectivity index (χ2n) is 11.6. The number of benzene rings is 7. The fourth-order valence-corrected chi connectivity index (χ4v) is 7.65. The molecule has 9 rings (SSSR count). The minimum Gasteiger partial charge on any atom is -0.208 e. The molecule has 0 aliphatic carbocycles. The smallest absolute Gasteiger partial charge is 0.164 e. The first-order chi connectivity index (χ1) is 23.3. The van der Waals surface area contributed by atoms with Crippen molar-refractivity contribution >= 4 is 42.3 Å². The number of fused-ring (bicyclic) bond motifs is 4. The van der Waals surface area contributed by atoms with Gasteiger partial charge in [-0.2, -0.15) is 0 Å². The number of aromatic nitrogens is 3. The van der Waals surface area contributed by atoms with Gasteiger partial charge < -0.3 is 0 Å². The van der Waals surface area contributed by atoms with Gasteiger partial charge in [-0.05, 0) is 51.2 Å². The van der Waals surface area contributed by atoms with Crippen LogP contribution in [0.1, 0.15) is 0 Å². The summed E-state index contributed by atoms with van der Waals surface area (Å²) in [5, 5.41) is 4.72. The molecule has 0 N–H and O–H groups in total. The molecule has 0 fully saturated rings. The minimum absolute atomic E-state index is 0.651. The van der Waals surface area contributed by atoms with E-state index in [0.717, 1.165) is 27.6 Å². The summed E-state index contributed by atoms with van der Waals surface area (Å²) in [5.74, 6) is 1.97. The Balaban J connectivity index is 1.28. The van der Waals surface area contributed by atoms with E-state index in [-0.39, 0.29) is 0 Å². The standard InChI is InChI=1S/C43H27N3S/c1-3-11-28(12-4-1)30-19-22-32(23-20-30)41-44-42(34-24-21-29-13-7-8-16-33(29)27-34)46-43(45-41)37-26-25-35(31-14-5-2-6-15-31)40-39(37)36-17-9-10-18-38(36)47-40/h1-27H. The molecule has 0 saturated heterocycles. The van der Waals surface area contributed by atoms with Crippen molar-refractivity contribution in [3.63, 3.8) is 0 Å². The zero-order chi connectivity index (χ0) is 31.2. The highest BCUT2D eigenvalue weighted by Crippen LogP contribution is 2.44. The molecular weight excluding hydrogens is 591 g/mol. The van der Waals surface area contributed by atoms with Crippen molar-refractivity contribution < 1.29 is 0 Å². The highest BCUT2D eigenvalue weighted by atomic mass is 32.1. The summed E-state index contributed by atoms with van der Waals surface area (Å²) in [6.45, 7) is 0. The summed E-state index contributed by atoms with van der Waals surface area (Å²) in [6, 6.07) is 57.4. The van der Waals surface area contributed by atoms with Crippen LogP contribution in [-0.2, 0) is 0 Å². The highest BCUT2D eigenvalue weighted by molar-refractivity contribution is 7.26. The molecule has 0 unspecified atom stereocenters. The number of nitrogens with zero attached hydrogens (tertiary/aromatic N) is 3. The fraction of sp³-hybridized carbons (Fsp3) is 0. The maximum atomic E-state index is 5.19. The Labute approximate surface area is 276 Å². The predicted octanol–water partition coefficient (Wildman–Crippen LogP) is 11.7. The summed E-state index contributed by atoms with van der Waals surface area (Å²) < 4.78 is 2.48. The van der Waals surface area contributed by atoms with Crippen molar-refractivity contribution in [1.29, 1.82) is 0 Å². The normalized spacial score (nSPS) is 11.4. The number of hydrogen-bond donors (Lipinski definition) is 0. The second kappa shape index (κ2) is 11.4. The molecule has 220 valence electrons. The van der Waals surface area contributed by atoms with Crippen molar-refractivity contribution in [2.24, 2.45) is 0 Å². The molecule has 2 heterocycles. The van der Waals surface area contributed by atoms with E-state index in [2.05, 4.69) is 158 Å². The molecule has 47 heavy (non-hydrogen) atoms. The van der Waals surface area contributed by atoms with Crippen LogP contribution >= 0.6 is 11.3 Å². The average molecular weight is 618 g/mol. The highest BCUT2D eigenvalue weighted by Gasteiger charge is 2.19. The van der Waals surface area contributed by atoms with Crippen molar-refractivity contribution in [3.05, 3.63) is 164 Å². The Morgan fingerprint density at radius 1 is 0.362 bits per heavy atom. The van der Waals surface area contributed by atoms with E-state index in [9.17, 15) is 0 Å². The van der Waals surface area contributed by atoms with Gasteiger partial charge in [0.1, 0.15) is 0 Å². The van der Waals surface area contributed by atoms with Crippen molar-refractivity contribution in [2.45, 2.75) is 0 Å². The SMILES string of the molecule is c1ccc(-c2ccc(-c3nc(-c4ccc5ccccc5c4)nc(-c4ccc(-c5ccccc5)c5sc6ccccc6c45)n3)cc2)cc1. The van der Waals surface area contributed by atoms with E-state index >= 15 is 0 Å². The Morgan fingerprint density at radius 3 is 1.70 bits per heavy atom. The molecule has 0 spiro atoms. The second-order valence-corrected chi connectivity index (χ2v) is 12.7. The zero-order valence-electron chi connectivity index (χ0n) is 25.3. The molecule has 0 bridgehead atoms. The molecule has 0 saturated carbocycles. The van der Waals surface area contributed by atoms with Gasteiger partial charge in [-0.3, -0.25) is 0 Å². The molecular formula is C43H27N3S. The van der Waals surface area contributed by atoms with E-state index in [1.54, 1.807) is 0 Å². The van der Waals surface area contributed by atoms with Crippen molar-refractivity contribution in [2.75, 3.05) is 0 Å². The van der Waals surface area contributed by atoms with Crippen LogP contribution in [0, 0.1) is 0 Å². The van der Waals surface area contributed by atoms with Crippen LogP contribution in [0.4, 0.5) is 0 Å². The summed E-state index contributed by atoms with van der Waals surface area (Å²) in [6.07, 6.45) is 0. The predicted molar refractivity (Wildman–Crippen MR) is 197 cm³/mol. The van der Waals surface area contributed by atoms with Crippen LogP contribution in [0.3, 0.4) is 0 Å². The Morgan fingerprint density at radius 2 is 0.915 bits per heavy atom. The van der Waals surface area contributed by atoms with E-state index in [1.165, 1.54) is 42.2 Å². The lowest BCUT2D eigenvalue weighted by Gasteiger charge is -2.12. The maximum Gasteiger partial charge on any atom is 0.164 e. The molecule has 0 atom stereocenters. The third-order valence-corrected chi connectivity index (χ3v) is 9.95. The van der Waals surface area contributed by atoms with E-state index < -0.39 is 0 Å². The fourth-order valence-electron chi connectivity index (χ4n) is 6.38. The first-order valence-corrected chi connectivity index (χ1v) is 16.5. The lowest BCUT2D eigenvalue weighted by molar-refractivity contribution is 1.08. The molecule has 0 radical (unpaired) electrons. The monoisotopic (exact) mass is 617 g/mol. The van der Waals surface area contributed by atoms with Gasteiger partial charge >= 0.3 is 0 Å². The molecule has 7 aromatic carbocycles. The molecule has 0 amide bonds. The third kappa shape index (κ3) is 4.96. The van der Waals surface area contributed by atoms with Crippen LogP contribution < -0.4 is 0 Å². The molecule has 2 aromatic heterocycles. The topological polar surface area (TPSA) is 38.7 Å². The van der Waals surface area contributed by atoms with E-state index in [4.69, 9.17) is 15.0 Å². The number of thiophene rings is 1. The molecule has 0 aliphatic rings. The van der Waals surface area contributed by atoms with Crippen LogP contribution in [0.2, 0.25) is 0 Å². The lowest BCUT2D eigenvalue weighted by atomic mass is 9.98. The van der Waals surface area contributed by atoms with Gasteiger partial charge in [-0.1, -0.05) is 146 Å². The van der Waals surface area contributed by atoms with Gasteiger partial charge in [0.25, 0.3) is 0 Å².